The lowest BCUT2D eigenvalue weighted by Crippen LogP contribution is -2.18. The Morgan fingerprint density at radius 1 is 1.47 bits per heavy atom. The Balaban J connectivity index is 2.82. The molecule has 1 aromatic carbocycles. The molecular formula is C12H15BrN2. The van der Waals surface area contributed by atoms with Crippen LogP contribution in [0.3, 0.4) is 0 Å². The quantitative estimate of drug-likeness (QED) is 0.834. The predicted molar refractivity (Wildman–Crippen MR) is 67.0 cm³/mol. The van der Waals surface area contributed by atoms with Gasteiger partial charge in [0.25, 0.3) is 0 Å². The molecular weight excluding hydrogens is 252 g/mol. The number of rotatable bonds is 4. The van der Waals surface area contributed by atoms with Crippen molar-refractivity contribution in [3.63, 3.8) is 0 Å². The molecule has 80 valence electrons. The zero-order valence-electron chi connectivity index (χ0n) is 9.13. The van der Waals surface area contributed by atoms with E-state index >= 15 is 0 Å². The van der Waals surface area contributed by atoms with Gasteiger partial charge in [0.05, 0.1) is 17.3 Å². The van der Waals surface area contributed by atoms with E-state index in [9.17, 15) is 0 Å². The van der Waals surface area contributed by atoms with E-state index in [2.05, 4.69) is 40.9 Å². The molecule has 0 radical (unpaired) electrons. The van der Waals surface area contributed by atoms with Crippen LogP contribution in [0.2, 0.25) is 0 Å². The molecule has 1 aromatic rings. The van der Waals surface area contributed by atoms with Crippen molar-refractivity contribution in [1.82, 2.24) is 0 Å². The van der Waals surface area contributed by atoms with Crippen LogP contribution >= 0.6 is 15.9 Å². The Morgan fingerprint density at radius 3 is 2.73 bits per heavy atom. The van der Waals surface area contributed by atoms with Gasteiger partial charge in [-0.3, -0.25) is 0 Å². The summed E-state index contributed by atoms with van der Waals surface area (Å²) in [5.41, 5.74) is 1.83. The Morgan fingerprint density at radius 2 is 2.20 bits per heavy atom. The van der Waals surface area contributed by atoms with Gasteiger partial charge >= 0.3 is 0 Å². The third-order valence-electron chi connectivity index (χ3n) is 2.34. The van der Waals surface area contributed by atoms with Crippen molar-refractivity contribution in [2.75, 3.05) is 18.5 Å². The highest BCUT2D eigenvalue weighted by molar-refractivity contribution is 9.10. The number of hydrogen-bond acceptors (Lipinski definition) is 2. The summed E-state index contributed by atoms with van der Waals surface area (Å²) in [7, 11) is 2.07. The zero-order chi connectivity index (χ0) is 11.3. The highest BCUT2D eigenvalue weighted by Crippen LogP contribution is 2.26. The molecule has 0 saturated carbocycles. The van der Waals surface area contributed by atoms with Crippen LogP contribution in [0.5, 0.6) is 0 Å². The first-order chi connectivity index (χ1) is 7.19. The van der Waals surface area contributed by atoms with Crippen LogP contribution in [0.1, 0.15) is 25.3 Å². The second kappa shape index (κ2) is 5.77. The number of unbranched alkanes of at least 4 members (excludes halogenated alkanes) is 1. The van der Waals surface area contributed by atoms with Gasteiger partial charge < -0.3 is 4.90 Å². The van der Waals surface area contributed by atoms with Crippen molar-refractivity contribution in [3.8, 4) is 6.07 Å². The van der Waals surface area contributed by atoms with E-state index in [1.165, 1.54) is 12.8 Å². The van der Waals surface area contributed by atoms with Gasteiger partial charge in [0, 0.05) is 18.1 Å². The average Bonchev–Trinajstić information content (AvgIpc) is 2.25. The minimum absolute atomic E-state index is 0.689. The van der Waals surface area contributed by atoms with Crippen molar-refractivity contribution in [2.45, 2.75) is 19.8 Å². The van der Waals surface area contributed by atoms with Gasteiger partial charge in [-0.15, -0.1) is 0 Å². The first-order valence-corrected chi connectivity index (χ1v) is 5.89. The third kappa shape index (κ3) is 3.24. The van der Waals surface area contributed by atoms with Gasteiger partial charge in [-0.05, 0) is 40.5 Å². The normalized spacial score (nSPS) is 9.73. The van der Waals surface area contributed by atoms with Crippen molar-refractivity contribution in [2.24, 2.45) is 0 Å². The Kier molecular flexibility index (Phi) is 4.64. The van der Waals surface area contributed by atoms with Gasteiger partial charge in [0.15, 0.2) is 0 Å². The van der Waals surface area contributed by atoms with Crippen LogP contribution in [0.25, 0.3) is 0 Å². The van der Waals surface area contributed by atoms with E-state index in [-0.39, 0.29) is 0 Å². The van der Waals surface area contributed by atoms with E-state index in [0.717, 1.165) is 16.7 Å². The fraction of sp³-hybridized carbons (Fsp3) is 0.417. The molecule has 0 fully saturated rings. The Labute approximate surface area is 99.6 Å². The molecule has 0 spiro atoms. The second-order valence-electron chi connectivity index (χ2n) is 3.55. The molecule has 0 atom stereocenters. The molecule has 0 aromatic heterocycles. The van der Waals surface area contributed by atoms with E-state index in [4.69, 9.17) is 5.26 Å². The van der Waals surface area contributed by atoms with Crippen molar-refractivity contribution in [3.05, 3.63) is 28.2 Å². The third-order valence-corrected chi connectivity index (χ3v) is 2.97. The lowest BCUT2D eigenvalue weighted by atomic mass is 10.2. The smallest absolute Gasteiger partial charge is 0.0992 e. The van der Waals surface area contributed by atoms with Gasteiger partial charge in [-0.1, -0.05) is 13.3 Å². The number of anilines is 1. The summed E-state index contributed by atoms with van der Waals surface area (Å²) in [5.74, 6) is 0. The van der Waals surface area contributed by atoms with Gasteiger partial charge in [-0.2, -0.15) is 5.26 Å². The maximum absolute atomic E-state index is 8.75. The molecule has 0 heterocycles. The number of halogens is 1. The van der Waals surface area contributed by atoms with Crippen molar-refractivity contribution in [1.29, 1.82) is 5.26 Å². The molecule has 0 saturated heterocycles. The van der Waals surface area contributed by atoms with Crippen molar-refractivity contribution >= 4 is 21.6 Å². The molecule has 3 heteroatoms. The van der Waals surface area contributed by atoms with Crippen LogP contribution in [0, 0.1) is 11.3 Å². The summed E-state index contributed by atoms with van der Waals surface area (Å²) in [5, 5.41) is 8.75. The molecule has 15 heavy (non-hydrogen) atoms. The summed E-state index contributed by atoms with van der Waals surface area (Å²) in [6.07, 6.45) is 2.38. The highest BCUT2D eigenvalue weighted by atomic mass is 79.9. The topological polar surface area (TPSA) is 27.0 Å². The zero-order valence-corrected chi connectivity index (χ0v) is 10.7. The highest BCUT2D eigenvalue weighted by Gasteiger charge is 2.05. The van der Waals surface area contributed by atoms with Gasteiger partial charge in [-0.25, -0.2) is 0 Å². The van der Waals surface area contributed by atoms with E-state index < -0.39 is 0 Å². The minimum atomic E-state index is 0.689. The minimum Gasteiger partial charge on any atom is -0.374 e. The number of nitrogens with zero attached hydrogens (tertiary/aromatic N) is 2. The van der Waals surface area contributed by atoms with Crippen LogP contribution in [0.4, 0.5) is 5.69 Å². The molecule has 0 aliphatic heterocycles. The predicted octanol–water partition coefficient (Wildman–Crippen LogP) is 3.56. The standard InChI is InChI=1S/C12H15BrN2/c1-3-4-7-15(2)12-6-5-10(9-14)8-11(12)13/h5-6,8H,3-4,7H2,1-2H3. The maximum Gasteiger partial charge on any atom is 0.0992 e. The van der Waals surface area contributed by atoms with E-state index in [1.807, 2.05) is 18.2 Å². The van der Waals surface area contributed by atoms with Crippen LogP contribution in [-0.4, -0.2) is 13.6 Å². The lowest BCUT2D eigenvalue weighted by molar-refractivity contribution is 0.766. The van der Waals surface area contributed by atoms with Crippen molar-refractivity contribution < 1.29 is 0 Å². The first-order valence-electron chi connectivity index (χ1n) is 5.09. The summed E-state index contributed by atoms with van der Waals surface area (Å²) in [4.78, 5) is 2.20. The van der Waals surface area contributed by atoms with E-state index in [1.54, 1.807) is 0 Å². The maximum atomic E-state index is 8.75. The monoisotopic (exact) mass is 266 g/mol. The summed E-state index contributed by atoms with van der Waals surface area (Å²) < 4.78 is 0.986. The Bertz CT molecular complexity index is 368. The molecule has 0 aliphatic carbocycles. The van der Waals surface area contributed by atoms with Crippen LogP contribution in [-0.2, 0) is 0 Å². The van der Waals surface area contributed by atoms with E-state index in [0.29, 0.717) is 5.56 Å². The number of benzene rings is 1. The molecule has 0 aliphatic rings. The molecule has 0 N–H and O–H groups in total. The fourth-order valence-corrected chi connectivity index (χ4v) is 2.08. The molecule has 1 rings (SSSR count). The van der Waals surface area contributed by atoms with Crippen LogP contribution < -0.4 is 4.90 Å². The molecule has 0 unspecified atom stereocenters. The number of nitriles is 1. The summed E-state index contributed by atoms with van der Waals surface area (Å²) >= 11 is 3.49. The average molecular weight is 267 g/mol. The van der Waals surface area contributed by atoms with Crippen LogP contribution in [0.15, 0.2) is 22.7 Å². The number of hydrogen-bond donors (Lipinski definition) is 0. The molecule has 0 amide bonds. The second-order valence-corrected chi connectivity index (χ2v) is 4.41. The summed E-state index contributed by atoms with van der Waals surface area (Å²) in [6, 6.07) is 7.82. The van der Waals surface area contributed by atoms with Gasteiger partial charge in [0.2, 0.25) is 0 Å². The summed E-state index contributed by atoms with van der Waals surface area (Å²) in [6.45, 7) is 3.22. The lowest BCUT2D eigenvalue weighted by Gasteiger charge is -2.20. The molecule has 2 nitrogen and oxygen atoms in total. The first kappa shape index (κ1) is 12.1. The largest absolute Gasteiger partial charge is 0.374 e. The fourth-order valence-electron chi connectivity index (χ4n) is 1.40. The SMILES string of the molecule is CCCCN(C)c1ccc(C#N)cc1Br. The molecule has 0 bridgehead atoms. The Hall–Kier alpha value is -1.01. The van der Waals surface area contributed by atoms with Gasteiger partial charge in [0.1, 0.15) is 0 Å².